The number of hydrogen-bond acceptors (Lipinski definition) is 2. The molecule has 1 heterocycles. The van der Waals surface area contributed by atoms with E-state index in [9.17, 15) is 5.11 Å². The van der Waals surface area contributed by atoms with E-state index in [4.69, 9.17) is 0 Å². The van der Waals surface area contributed by atoms with Crippen LogP contribution in [0.25, 0.3) is 0 Å². The zero-order chi connectivity index (χ0) is 13.7. The maximum Gasteiger partial charge on any atom is 0.115 e. The molecular formula is C17H27NO. The minimum Gasteiger partial charge on any atom is -0.508 e. The number of phenols is 1. The van der Waals surface area contributed by atoms with Crippen LogP contribution >= 0.6 is 0 Å². The van der Waals surface area contributed by atoms with Crippen molar-refractivity contribution in [3.8, 4) is 5.75 Å². The Morgan fingerprint density at radius 1 is 1.16 bits per heavy atom. The smallest absolute Gasteiger partial charge is 0.115 e. The molecule has 0 saturated carbocycles. The highest BCUT2D eigenvalue weighted by Crippen LogP contribution is 2.30. The maximum absolute atomic E-state index is 9.42. The highest BCUT2D eigenvalue weighted by Gasteiger charge is 2.22. The summed E-state index contributed by atoms with van der Waals surface area (Å²) in [6, 6.07) is 8.28. The van der Waals surface area contributed by atoms with Crippen molar-refractivity contribution in [2.75, 3.05) is 13.1 Å². The second-order valence-corrected chi connectivity index (χ2v) is 5.76. The van der Waals surface area contributed by atoms with E-state index >= 15 is 0 Å². The molecule has 0 spiro atoms. The van der Waals surface area contributed by atoms with Gasteiger partial charge in [-0.2, -0.15) is 0 Å². The summed E-state index contributed by atoms with van der Waals surface area (Å²) in [6.45, 7) is 7.02. The molecule has 106 valence electrons. The summed E-state index contributed by atoms with van der Waals surface area (Å²) in [7, 11) is 0. The average molecular weight is 261 g/mol. The number of benzene rings is 1. The lowest BCUT2D eigenvalue weighted by Crippen LogP contribution is -2.29. The molecule has 2 nitrogen and oxygen atoms in total. The summed E-state index contributed by atoms with van der Waals surface area (Å²) in [6.07, 6.45) is 6.52. The minimum atomic E-state index is 0.362. The third-order valence-corrected chi connectivity index (χ3v) is 4.56. The molecule has 1 fully saturated rings. The second-order valence-electron chi connectivity index (χ2n) is 5.76. The third kappa shape index (κ3) is 3.73. The van der Waals surface area contributed by atoms with Gasteiger partial charge in [0.2, 0.25) is 0 Å². The summed E-state index contributed by atoms with van der Waals surface area (Å²) in [5, 5.41) is 9.42. The third-order valence-electron chi connectivity index (χ3n) is 4.56. The quantitative estimate of drug-likeness (QED) is 0.870. The van der Waals surface area contributed by atoms with Crippen LogP contribution in [0.5, 0.6) is 5.75 Å². The molecule has 1 aliphatic rings. The monoisotopic (exact) mass is 261 g/mol. The normalized spacial score (nSPS) is 22.9. The Balaban J connectivity index is 2.06. The van der Waals surface area contributed by atoms with Crippen molar-refractivity contribution in [1.29, 1.82) is 0 Å². The molecule has 2 rings (SSSR count). The number of nitrogens with zero attached hydrogens (tertiary/aromatic N) is 1. The fraction of sp³-hybridized carbons (Fsp3) is 0.647. The van der Waals surface area contributed by atoms with Crippen LogP contribution in [0.15, 0.2) is 24.3 Å². The SMILES string of the molecule is CCC1CCCN(C(CC)c2ccc(O)cc2)CC1. The fourth-order valence-corrected chi connectivity index (χ4v) is 3.31. The minimum absolute atomic E-state index is 0.362. The molecular weight excluding hydrogens is 234 g/mol. The van der Waals surface area contributed by atoms with Gasteiger partial charge in [-0.3, -0.25) is 4.90 Å². The molecule has 2 unspecified atom stereocenters. The van der Waals surface area contributed by atoms with Crippen molar-refractivity contribution in [2.24, 2.45) is 5.92 Å². The molecule has 1 aliphatic heterocycles. The van der Waals surface area contributed by atoms with E-state index in [0.717, 1.165) is 12.3 Å². The molecule has 1 N–H and O–H groups in total. The summed E-state index contributed by atoms with van der Waals surface area (Å²) in [4.78, 5) is 2.64. The first-order valence-corrected chi connectivity index (χ1v) is 7.77. The Kier molecular flexibility index (Phi) is 5.26. The predicted octanol–water partition coefficient (Wildman–Crippen LogP) is 4.36. The molecule has 1 saturated heterocycles. The van der Waals surface area contributed by atoms with Gasteiger partial charge in [0.25, 0.3) is 0 Å². The van der Waals surface area contributed by atoms with Gasteiger partial charge in [-0.1, -0.05) is 32.4 Å². The van der Waals surface area contributed by atoms with Crippen molar-refractivity contribution in [3.63, 3.8) is 0 Å². The van der Waals surface area contributed by atoms with Crippen molar-refractivity contribution in [2.45, 2.75) is 52.0 Å². The number of aromatic hydroxyl groups is 1. The topological polar surface area (TPSA) is 23.5 Å². The average Bonchev–Trinajstić information content (AvgIpc) is 2.67. The zero-order valence-corrected chi connectivity index (χ0v) is 12.3. The second kappa shape index (κ2) is 6.95. The number of likely N-dealkylation sites (tertiary alicyclic amines) is 1. The Bertz CT molecular complexity index is 373. The van der Waals surface area contributed by atoms with Crippen molar-refractivity contribution < 1.29 is 5.11 Å². The van der Waals surface area contributed by atoms with E-state index in [-0.39, 0.29) is 0 Å². The van der Waals surface area contributed by atoms with Gasteiger partial charge < -0.3 is 5.11 Å². The van der Waals surface area contributed by atoms with Crippen LogP contribution in [-0.4, -0.2) is 23.1 Å². The van der Waals surface area contributed by atoms with Gasteiger partial charge >= 0.3 is 0 Å². The number of hydrogen-bond donors (Lipinski definition) is 1. The molecule has 0 amide bonds. The van der Waals surface area contributed by atoms with Crippen LogP contribution in [-0.2, 0) is 0 Å². The first kappa shape index (κ1) is 14.4. The van der Waals surface area contributed by atoms with E-state index in [0.29, 0.717) is 11.8 Å². The number of phenolic OH excluding ortho intramolecular Hbond substituents is 1. The van der Waals surface area contributed by atoms with Gasteiger partial charge in [0.1, 0.15) is 5.75 Å². The summed E-state index contributed by atoms with van der Waals surface area (Å²) in [5.74, 6) is 1.28. The highest BCUT2D eigenvalue weighted by molar-refractivity contribution is 5.28. The number of rotatable bonds is 4. The van der Waals surface area contributed by atoms with Gasteiger partial charge in [-0.15, -0.1) is 0 Å². The van der Waals surface area contributed by atoms with Crippen molar-refractivity contribution >= 4 is 0 Å². The standard InChI is InChI=1S/C17H27NO/c1-3-14-6-5-12-18(13-11-14)17(4-2)15-7-9-16(19)10-8-15/h7-10,14,17,19H,3-6,11-13H2,1-2H3. The first-order chi connectivity index (χ1) is 9.24. The maximum atomic E-state index is 9.42. The van der Waals surface area contributed by atoms with Crippen molar-refractivity contribution in [3.05, 3.63) is 29.8 Å². The Hall–Kier alpha value is -1.02. The van der Waals surface area contributed by atoms with E-state index in [1.54, 1.807) is 0 Å². The largest absolute Gasteiger partial charge is 0.508 e. The molecule has 1 aromatic carbocycles. The van der Waals surface area contributed by atoms with Crippen LogP contribution in [0.3, 0.4) is 0 Å². The Labute approximate surface area is 117 Å². The lowest BCUT2D eigenvalue weighted by Gasteiger charge is -2.30. The first-order valence-electron chi connectivity index (χ1n) is 7.77. The van der Waals surface area contributed by atoms with Gasteiger partial charge in [-0.05, 0) is 62.4 Å². The predicted molar refractivity (Wildman–Crippen MR) is 80.3 cm³/mol. The molecule has 1 aromatic rings. The van der Waals surface area contributed by atoms with Crippen LogP contribution < -0.4 is 0 Å². The fourth-order valence-electron chi connectivity index (χ4n) is 3.31. The highest BCUT2D eigenvalue weighted by atomic mass is 16.3. The van der Waals surface area contributed by atoms with Gasteiger partial charge in [-0.25, -0.2) is 0 Å². The summed E-state index contributed by atoms with van der Waals surface area (Å²) >= 11 is 0. The zero-order valence-electron chi connectivity index (χ0n) is 12.3. The lowest BCUT2D eigenvalue weighted by molar-refractivity contribution is 0.197. The van der Waals surface area contributed by atoms with Crippen LogP contribution in [0.4, 0.5) is 0 Å². The van der Waals surface area contributed by atoms with E-state index in [2.05, 4.69) is 30.9 Å². The van der Waals surface area contributed by atoms with Gasteiger partial charge in [0.05, 0.1) is 0 Å². The molecule has 0 radical (unpaired) electrons. The van der Waals surface area contributed by atoms with E-state index in [1.165, 1.54) is 44.3 Å². The molecule has 19 heavy (non-hydrogen) atoms. The molecule has 2 heteroatoms. The Morgan fingerprint density at radius 2 is 1.89 bits per heavy atom. The summed E-state index contributed by atoms with van der Waals surface area (Å²) in [5.41, 5.74) is 1.34. The van der Waals surface area contributed by atoms with E-state index in [1.807, 2.05) is 12.1 Å². The van der Waals surface area contributed by atoms with Gasteiger partial charge in [0, 0.05) is 6.04 Å². The molecule has 0 aliphatic carbocycles. The van der Waals surface area contributed by atoms with E-state index < -0.39 is 0 Å². The molecule has 0 bridgehead atoms. The van der Waals surface area contributed by atoms with Crippen LogP contribution in [0, 0.1) is 5.92 Å². The Morgan fingerprint density at radius 3 is 2.53 bits per heavy atom. The van der Waals surface area contributed by atoms with Crippen molar-refractivity contribution in [1.82, 2.24) is 4.90 Å². The molecule has 0 aromatic heterocycles. The van der Waals surface area contributed by atoms with Gasteiger partial charge in [0.15, 0.2) is 0 Å². The van der Waals surface area contributed by atoms with Crippen LogP contribution in [0.1, 0.15) is 57.6 Å². The summed E-state index contributed by atoms with van der Waals surface area (Å²) < 4.78 is 0. The lowest BCUT2D eigenvalue weighted by atomic mass is 9.98. The molecule has 2 atom stereocenters. The van der Waals surface area contributed by atoms with Crippen LogP contribution in [0.2, 0.25) is 0 Å².